The van der Waals surface area contributed by atoms with Gasteiger partial charge in [-0.05, 0) is 26.0 Å². The van der Waals surface area contributed by atoms with E-state index in [2.05, 4.69) is 5.32 Å². The predicted octanol–water partition coefficient (Wildman–Crippen LogP) is 0.486. The normalized spacial score (nSPS) is 26.4. The van der Waals surface area contributed by atoms with Crippen LogP contribution in [-0.4, -0.2) is 47.2 Å². The number of hydrogen-bond acceptors (Lipinski definition) is 4. The van der Waals surface area contributed by atoms with Crippen molar-refractivity contribution < 1.29 is 19.4 Å². The molecule has 1 heterocycles. The maximum Gasteiger partial charge on any atom is 0.332 e. The zero-order valence-electron chi connectivity index (χ0n) is 9.43. The van der Waals surface area contributed by atoms with E-state index >= 15 is 0 Å². The molecule has 5 nitrogen and oxygen atoms in total. The molecule has 1 unspecified atom stereocenters. The molecule has 0 aromatic carbocycles. The summed E-state index contributed by atoms with van der Waals surface area (Å²) in [5, 5.41) is 11.5. The fourth-order valence-corrected chi connectivity index (χ4v) is 2.22. The summed E-state index contributed by atoms with van der Waals surface area (Å²) >= 11 is 1.65. The van der Waals surface area contributed by atoms with Crippen molar-refractivity contribution in [1.82, 2.24) is 5.32 Å². The number of carbonyl (C=O) groups is 2. The van der Waals surface area contributed by atoms with Crippen molar-refractivity contribution >= 4 is 23.6 Å². The van der Waals surface area contributed by atoms with Crippen molar-refractivity contribution in [2.24, 2.45) is 0 Å². The average molecular weight is 247 g/mol. The summed E-state index contributed by atoms with van der Waals surface area (Å²) in [6.07, 6.45) is 1.42. The molecule has 0 bridgehead atoms. The highest BCUT2D eigenvalue weighted by Gasteiger charge is 2.34. The molecule has 0 saturated carbocycles. The Hall–Kier alpha value is -0.750. The van der Waals surface area contributed by atoms with Crippen LogP contribution in [0.3, 0.4) is 0 Å². The molecule has 0 spiro atoms. The summed E-state index contributed by atoms with van der Waals surface area (Å²) in [7, 11) is 0. The lowest BCUT2D eigenvalue weighted by atomic mass is 10.2. The van der Waals surface area contributed by atoms with E-state index in [-0.39, 0.29) is 11.9 Å². The second-order valence-electron chi connectivity index (χ2n) is 3.89. The van der Waals surface area contributed by atoms with Gasteiger partial charge in [-0.2, -0.15) is 11.8 Å². The van der Waals surface area contributed by atoms with E-state index in [0.717, 1.165) is 5.75 Å². The number of ether oxygens (including phenoxy) is 1. The molecule has 0 aromatic heterocycles. The second kappa shape index (κ2) is 6.10. The fourth-order valence-electron chi connectivity index (χ4n) is 1.64. The summed E-state index contributed by atoms with van der Waals surface area (Å²) < 4.78 is 5.15. The van der Waals surface area contributed by atoms with E-state index in [1.54, 1.807) is 11.8 Å². The Balaban J connectivity index is 2.36. The first-order chi connectivity index (χ1) is 7.54. The molecule has 1 aliphatic heterocycles. The van der Waals surface area contributed by atoms with E-state index in [1.807, 2.05) is 13.2 Å². The Morgan fingerprint density at radius 3 is 2.62 bits per heavy atom. The van der Waals surface area contributed by atoms with Crippen molar-refractivity contribution in [3.63, 3.8) is 0 Å². The molecule has 1 saturated heterocycles. The van der Waals surface area contributed by atoms with Gasteiger partial charge in [-0.15, -0.1) is 0 Å². The highest BCUT2D eigenvalue weighted by Crippen LogP contribution is 2.20. The third kappa shape index (κ3) is 3.68. The largest absolute Gasteiger partial charge is 0.479 e. The van der Waals surface area contributed by atoms with Crippen LogP contribution >= 0.6 is 11.8 Å². The molecule has 3 atom stereocenters. The zero-order chi connectivity index (χ0) is 12.1. The molecule has 2 N–H and O–H groups in total. The summed E-state index contributed by atoms with van der Waals surface area (Å²) in [6, 6.07) is 0.0787. The first-order valence-electron chi connectivity index (χ1n) is 5.22. The van der Waals surface area contributed by atoms with E-state index in [0.29, 0.717) is 12.8 Å². The highest BCUT2D eigenvalue weighted by atomic mass is 32.2. The van der Waals surface area contributed by atoms with E-state index in [9.17, 15) is 9.59 Å². The minimum Gasteiger partial charge on any atom is -0.479 e. The third-order valence-electron chi connectivity index (χ3n) is 2.39. The van der Waals surface area contributed by atoms with E-state index in [1.165, 1.54) is 0 Å². The van der Waals surface area contributed by atoms with Gasteiger partial charge in [-0.25, -0.2) is 4.79 Å². The fraction of sp³-hybridized carbons (Fsp3) is 0.800. The summed E-state index contributed by atoms with van der Waals surface area (Å²) in [5.41, 5.74) is 0. The Morgan fingerprint density at radius 2 is 2.12 bits per heavy atom. The van der Waals surface area contributed by atoms with Gasteiger partial charge in [0.15, 0.2) is 6.10 Å². The van der Waals surface area contributed by atoms with Crippen molar-refractivity contribution in [2.45, 2.75) is 38.0 Å². The lowest BCUT2D eigenvalue weighted by Crippen LogP contribution is -2.41. The molecular weight excluding hydrogens is 230 g/mol. The van der Waals surface area contributed by atoms with Gasteiger partial charge in [-0.3, -0.25) is 4.79 Å². The van der Waals surface area contributed by atoms with Crippen LogP contribution in [0.2, 0.25) is 0 Å². The molecule has 1 aliphatic rings. The Kier molecular flexibility index (Phi) is 5.08. The van der Waals surface area contributed by atoms with Crippen LogP contribution in [0.1, 0.15) is 19.8 Å². The molecule has 1 amide bonds. The van der Waals surface area contributed by atoms with Crippen molar-refractivity contribution in [3.8, 4) is 0 Å². The van der Waals surface area contributed by atoms with Gasteiger partial charge in [0.25, 0.3) is 0 Å². The van der Waals surface area contributed by atoms with E-state index in [4.69, 9.17) is 9.84 Å². The SMILES string of the molecule is CSCC(C)NC(=O)[C@@H]1CC[C@H](C(=O)O)O1. The lowest BCUT2D eigenvalue weighted by Gasteiger charge is -2.16. The van der Waals surface area contributed by atoms with Gasteiger partial charge in [-0.1, -0.05) is 0 Å². The van der Waals surface area contributed by atoms with Crippen molar-refractivity contribution in [1.29, 1.82) is 0 Å². The van der Waals surface area contributed by atoms with Crippen LogP contribution in [0.15, 0.2) is 0 Å². The number of carbonyl (C=O) groups excluding carboxylic acids is 1. The monoisotopic (exact) mass is 247 g/mol. The standard InChI is InChI=1S/C10H17NO4S/c1-6(5-16-2)11-9(12)7-3-4-8(15-7)10(13)14/h6-8H,3-5H2,1-2H3,(H,11,12)(H,13,14)/t6?,7-,8+/m0/s1. The predicted molar refractivity (Wildman–Crippen MR) is 61.5 cm³/mol. The maximum atomic E-state index is 11.7. The zero-order valence-corrected chi connectivity index (χ0v) is 10.3. The van der Waals surface area contributed by atoms with Crippen molar-refractivity contribution in [2.75, 3.05) is 12.0 Å². The van der Waals surface area contributed by atoms with Gasteiger partial charge in [0.2, 0.25) is 5.91 Å². The maximum absolute atomic E-state index is 11.7. The molecular formula is C10H17NO4S. The molecule has 6 heteroatoms. The van der Waals surface area contributed by atoms with E-state index < -0.39 is 18.2 Å². The lowest BCUT2D eigenvalue weighted by molar-refractivity contribution is -0.151. The average Bonchev–Trinajstić information content (AvgIpc) is 2.66. The number of aliphatic carboxylic acids is 1. The molecule has 1 fully saturated rings. The molecule has 0 aliphatic carbocycles. The van der Waals surface area contributed by atoms with Crippen molar-refractivity contribution in [3.05, 3.63) is 0 Å². The molecule has 0 aromatic rings. The van der Waals surface area contributed by atoms with Crippen LogP contribution in [0.25, 0.3) is 0 Å². The van der Waals surface area contributed by atoms with Gasteiger partial charge >= 0.3 is 5.97 Å². The number of carboxylic acids is 1. The minimum atomic E-state index is -0.993. The van der Waals surface area contributed by atoms with Crippen LogP contribution in [-0.2, 0) is 14.3 Å². The topological polar surface area (TPSA) is 75.6 Å². The third-order valence-corrected chi connectivity index (χ3v) is 3.23. The quantitative estimate of drug-likeness (QED) is 0.739. The van der Waals surface area contributed by atoms with Crippen LogP contribution < -0.4 is 5.32 Å². The van der Waals surface area contributed by atoms with Crippen LogP contribution in [0, 0.1) is 0 Å². The summed E-state index contributed by atoms with van der Waals surface area (Å²) in [5.74, 6) is -0.362. The molecule has 1 rings (SSSR count). The summed E-state index contributed by atoms with van der Waals surface area (Å²) in [6.45, 7) is 1.91. The van der Waals surface area contributed by atoms with Crippen LogP contribution in [0.4, 0.5) is 0 Å². The number of amides is 1. The number of nitrogens with one attached hydrogen (secondary N) is 1. The number of thioether (sulfide) groups is 1. The van der Waals surface area contributed by atoms with Gasteiger partial charge < -0.3 is 15.2 Å². The number of rotatable bonds is 5. The molecule has 0 radical (unpaired) electrons. The first kappa shape index (κ1) is 13.3. The smallest absolute Gasteiger partial charge is 0.332 e. The van der Waals surface area contributed by atoms with Gasteiger partial charge in [0, 0.05) is 11.8 Å². The van der Waals surface area contributed by atoms with Gasteiger partial charge in [0.05, 0.1) is 0 Å². The Labute approximate surface area is 98.9 Å². The molecule has 16 heavy (non-hydrogen) atoms. The Bertz CT molecular complexity index is 272. The van der Waals surface area contributed by atoms with Gasteiger partial charge in [0.1, 0.15) is 6.10 Å². The second-order valence-corrected chi connectivity index (χ2v) is 4.80. The minimum absolute atomic E-state index is 0.0787. The highest BCUT2D eigenvalue weighted by molar-refractivity contribution is 7.98. The number of hydrogen-bond donors (Lipinski definition) is 2. The molecule has 92 valence electrons. The Morgan fingerprint density at radius 1 is 1.50 bits per heavy atom. The van der Waals surface area contributed by atoms with Crippen LogP contribution in [0.5, 0.6) is 0 Å². The number of carboxylic acid groups (broad SMARTS) is 1. The first-order valence-corrected chi connectivity index (χ1v) is 6.61. The summed E-state index contributed by atoms with van der Waals surface area (Å²) in [4.78, 5) is 22.3.